The monoisotopic (exact) mass is 364 g/mol. The molecule has 23 heavy (non-hydrogen) atoms. The average molecular weight is 365 g/mol. The molecule has 0 aromatic heterocycles. The number of sulfonamides is 1. The van der Waals surface area contributed by atoms with Crippen LogP contribution in [-0.4, -0.2) is 26.6 Å². The topological polar surface area (TPSA) is 81.4 Å². The number of hydrogen-bond acceptors (Lipinski definition) is 4. The lowest BCUT2D eigenvalue weighted by Gasteiger charge is -2.31. The molecule has 0 fully saturated rings. The van der Waals surface area contributed by atoms with Gasteiger partial charge in [-0.3, -0.25) is 0 Å². The normalized spacial score (nSPS) is 12.1. The van der Waals surface area contributed by atoms with Crippen LogP contribution in [-0.2, 0) is 10.0 Å². The van der Waals surface area contributed by atoms with E-state index in [0.717, 1.165) is 5.56 Å². The number of aryl methyl sites for hydroxylation is 1. The number of nitrogens with two attached hydrogens (primary N) is 1. The molecule has 0 aliphatic heterocycles. The maximum atomic E-state index is 12.6. The minimum Gasteiger partial charge on any atom is -0.491 e. The standard InChI is InChI=1S/C16H28N2O3S.ClH/c1-6-16(7-2,11-17)18-22(19,20)14-8-9-15(13(5)10-14)21-12(3)4;/h8-10,12,18H,6-7,11,17H2,1-5H3;1H. The molecule has 3 N–H and O–H groups in total. The Bertz CT molecular complexity index is 591. The highest BCUT2D eigenvalue weighted by Crippen LogP contribution is 2.24. The van der Waals surface area contributed by atoms with Crippen LogP contribution in [0.3, 0.4) is 0 Å². The Labute approximate surface area is 146 Å². The van der Waals surface area contributed by atoms with Crippen LogP contribution in [0.5, 0.6) is 5.75 Å². The van der Waals surface area contributed by atoms with Crippen LogP contribution in [0.1, 0.15) is 46.1 Å². The molecule has 0 aliphatic carbocycles. The van der Waals surface area contributed by atoms with Crippen LogP contribution >= 0.6 is 12.4 Å². The number of rotatable bonds is 8. The molecule has 0 atom stereocenters. The van der Waals surface area contributed by atoms with Crippen LogP contribution in [0.2, 0.25) is 0 Å². The van der Waals surface area contributed by atoms with Gasteiger partial charge in [-0.25, -0.2) is 13.1 Å². The first-order chi connectivity index (χ1) is 10.2. The number of halogens is 1. The van der Waals surface area contributed by atoms with Crippen molar-refractivity contribution in [3.8, 4) is 5.75 Å². The van der Waals surface area contributed by atoms with Gasteiger partial charge < -0.3 is 10.5 Å². The molecule has 0 heterocycles. The minimum absolute atomic E-state index is 0. The van der Waals surface area contributed by atoms with Crippen molar-refractivity contribution in [3.63, 3.8) is 0 Å². The molecular weight excluding hydrogens is 336 g/mol. The van der Waals surface area contributed by atoms with Crippen LogP contribution in [0.15, 0.2) is 23.1 Å². The Morgan fingerprint density at radius 2 is 1.83 bits per heavy atom. The minimum atomic E-state index is -3.61. The third-order valence-electron chi connectivity index (χ3n) is 3.91. The summed E-state index contributed by atoms with van der Waals surface area (Å²) in [6.07, 6.45) is 1.34. The Morgan fingerprint density at radius 1 is 1.26 bits per heavy atom. The average Bonchev–Trinajstić information content (AvgIpc) is 2.46. The highest BCUT2D eigenvalue weighted by Gasteiger charge is 2.31. The summed E-state index contributed by atoms with van der Waals surface area (Å²) in [6, 6.07) is 4.90. The van der Waals surface area contributed by atoms with E-state index in [1.807, 2.05) is 34.6 Å². The lowest BCUT2D eigenvalue weighted by Crippen LogP contribution is -2.52. The molecule has 0 amide bonds. The van der Waals surface area contributed by atoms with Crippen LogP contribution in [0.4, 0.5) is 0 Å². The molecule has 0 radical (unpaired) electrons. The van der Waals surface area contributed by atoms with Gasteiger partial charge in [-0.05, 0) is 57.4 Å². The summed E-state index contributed by atoms with van der Waals surface area (Å²) in [6.45, 7) is 9.85. The fourth-order valence-electron chi connectivity index (χ4n) is 2.24. The second-order valence-electron chi connectivity index (χ2n) is 5.89. The van der Waals surface area contributed by atoms with E-state index in [9.17, 15) is 8.42 Å². The highest BCUT2D eigenvalue weighted by atomic mass is 35.5. The van der Waals surface area contributed by atoms with Gasteiger partial charge in [-0.2, -0.15) is 0 Å². The molecule has 0 spiro atoms. The first kappa shape index (κ1) is 22.2. The molecule has 0 saturated carbocycles. The summed E-state index contributed by atoms with van der Waals surface area (Å²) in [5.41, 5.74) is 5.97. The van der Waals surface area contributed by atoms with Gasteiger partial charge in [0.2, 0.25) is 10.0 Å². The highest BCUT2D eigenvalue weighted by molar-refractivity contribution is 7.89. The maximum Gasteiger partial charge on any atom is 0.241 e. The van der Waals surface area contributed by atoms with Crippen molar-refractivity contribution < 1.29 is 13.2 Å². The van der Waals surface area contributed by atoms with Crippen molar-refractivity contribution in [2.24, 2.45) is 5.73 Å². The lowest BCUT2D eigenvalue weighted by atomic mass is 9.95. The van der Waals surface area contributed by atoms with E-state index in [1.165, 1.54) is 0 Å². The summed E-state index contributed by atoms with van der Waals surface area (Å²) >= 11 is 0. The zero-order valence-electron chi connectivity index (χ0n) is 14.5. The van der Waals surface area contributed by atoms with E-state index in [2.05, 4.69) is 4.72 Å². The molecular formula is C16H29ClN2O3S. The van der Waals surface area contributed by atoms with Gasteiger partial charge in [-0.1, -0.05) is 13.8 Å². The summed E-state index contributed by atoms with van der Waals surface area (Å²) in [5, 5.41) is 0. The van der Waals surface area contributed by atoms with Crippen LogP contribution < -0.4 is 15.2 Å². The molecule has 7 heteroatoms. The third kappa shape index (κ3) is 5.64. The fourth-order valence-corrected chi connectivity index (χ4v) is 3.88. The van der Waals surface area contributed by atoms with Gasteiger partial charge in [0.05, 0.1) is 11.0 Å². The zero-order chi connectivity index (χ0) is 17.0. The van der Waals surface area contributed by atoms with Crippen molar-refractivity contribution in [1.29, 1.82) is 0 Å². The van der Waals surface area contributed by atoms with Crippen molar-refractivity contribution in [2.45, 2.75) is 64.0 Å². The van der Waals surface area contributed by atoms with Gasteiger partial charge in [0.25, 0.3) is 0 Å². The fraction of sp³-hybridized carbons (Fsp3) is 0.625. The van der Waals surface area contributed by atoms with Crippen molar-refractivity contribution in [1.82, 2.24) is 4.72 Å². The molecule has 1 rings (SSSR count). The predicted octanol–water partition coefficient (Wildman–Crippen LogP) is 3.00. The third-order valence-corrected chi connectivity index (χ3v) is 5.49. The summed E-state index contributed by atoms with van der Waals surface area (Å²) in [5.74, 6) is 0.699. The van der Waals surface area contributed by atoms with Gasteiger partial charge in [0.15, 0.2) is 0 Å². The molecule has 5 nitrogen and oxygen atoms in total. The molecule has 134 valence electrons. The molecule has 0 bridgehead atoms. The molecule has 1 aromatic carbocycles. The van der Waals surface area contributed by atoms with E-state index < -0.39 is 15.6 Å². The van der Waals surface area contributed by atoms with Gasteiger partial charge in [0, 0.05) is 12.1 Å². The summed E-state index contributed by atoms with van der Waals surface area (Å²) in [4.78, 5) is 0.237. The van der Waals surface area contributed by atoms with Crippen LogP contribution in [0.25, 0.3) is 0 Å². The molecule has 0 unspecified atom stereocenters. The molecule has 0 saturated heterocycles. The second-order valence-corrected chi connectivity index (χ2v) is 7.57. The first-order valence-corrected chi connectivity index (χ1v) is 9.19. The quantitative estimate of drug-likeness (QED) is 0.742. The van der Waals surface area contributed by atoms with Crippen molar-refractivity contribution in [3.05, 3.63) is 23.8 Å². The SMILES string of the molecule is CCC(CC)(CN)NS(=O)(=O)c1ccc(OC(C)C)c(C)c1.Cl. The number of benzene rings is 1. The summed E-state index contributed by atoms with van der Waals surface area (Å²) < 4.78 is 33.6. The molecule has 1 aromatic rings. The van der Waals surface area contributed by atoms with Gasteiger partial charge in [0.1, 0.15) is 5.75 Å². The van der Waals surface area contributed by atoms with Crippen LogP contribution in [0, 0.1) is 6.92 Å². The van der Waals surface area contributed by atoms with Gasteiger partial charge in [-0.15, -0.1) is 12.4 Å². The maximum absolute atomic E-state index is 12.6. The smallest absolute Gasteiger partial charge is 0.241 e. The Balaban J connectivity index is 0.00000484. The second kappa shape index (κ2) is 8.87. The Morgan fingerprint density at radius 3 is 2.22 bits per heavy atom. The number of ether oxygens (including phenoxy) is 1. The van der Waals surface area contributed by atoms with E-state index in [-0.39, 0.29) is 30.0 Å². The van der Waals surface area contributed by atoms with Crippen molar-refractivity contribution in [2.75, 3.05) is 6.54 Å². The number of hydrogen-bond donors (Lipinski definition) is 2. The molecule has 0 aliphatic rings. The van der Waals surface area contributed by atoms with Crippen molar-refractivity contribution >= 4 is 22.4 Å². The number of nitrogens with one attached hydrogen (secondary N) is 1. The Kier molecular flexibility index (Phi) is 8.56. The van der Waals surface area contributed by atoms with E-state index in [0.29, 0.717) is 18.6 Å². The largest absolute Gasteiger partial charge is 0.491 e. The lowest BCUT2D eigenvalue weighted by molar-refractivity contribution is 0.240. The first-order valence-electron chi connectivity index (χ1n) is 7.71. The zero-order valence-corrected chi connectivity index (χ0v) is 16.2. The Hall–Kier alpha value is -0.820. The van der Waals surface area contributed by atoms with E-state index >= 15 is 0 Å². The summed E-state index contributed by atoms with van der Waals surface area (Å²) in [7, 11) is -3.61. The van der Waals surface area contributed by atoms with Gasteiger partial charge >= 0.3 is 0 Å². The van der Waals surface area contributed by atoms with E-state index in [4.69, 9.17) is 10.5 Å². The van der Waals surface area contributed by atoms with E-state index in [1.54, 1.807) is 18.2 Å². The predicted molar refractivity (Wildman–Crippen MR) is 96.9 cm³/mol.